The molecule has 0 unspecified atom stereocenters. The quantitative estimate of drug-likeness (QED) is 0.470. The summed E-state index contributed by atoms with van der Waals surface area (Å²) in [5.74, 6) is 0. The van der Waals surface area contributed by atoms with Crippen LogP contribution in [0, 0.1) is 0 Å². The number of nitrogens with two attached hydrogens (primary N) is 1. The van der Waals surface area contributed by atoms with Gasteiger partial charge in [0.2, 0.25) is 0 Å². The van der Waals surface area contributed by atoms with E-state index in [9.17, 15) is 0 Å². The van der Waals surface area contributed by atoms with Crippen molar-refractivity contribution in [3.05, 3.63) is 37.6 Å². The molecule has 0 radical (unpaired) electrons. The van der Waals surface area contributed by atoms with Crippen molar-refractivity contribution in [3.8, 4) is 0 Å². The number of nitrogens with zero attached hydrogens (tertiary/aromatic N) is 1. The van der Waals surface area contributed by atoms with E-state index in [-0.39, 0.29) is 0 Å². The van der Waals surface area contributed by atoms with E-state index < -0.39 is 0 Å². The van der Waals surface area contributed by atoms with Gasteiger partial charge in [0, 0.05) is 18.3 Å². The van der Waals surface area contributed by atoms with Gasteiger partial charge in [0.15, 0.2) is 0 Å². The first-order valence-corrected chi connectivity index (χ1v) is 3.52. The Bertz CT molecular complexity index is 178. The number of aliphatic imine (C=N–C) groups is 1. The van der Waals surface area contributed by atoms with Crippen LogP contribution in [0.25, 0.3) is 0 Å². The molecule has 0 rings (SSSR count). The minimum atomic E-state index is 0.604. The van der Waals surface area contributed by atoms with Crippen LogP contribution in [0.3, 0.4) is 0 Å². The average Bonchev–Trinajstić information content (AvgIpc) is 2.03. The van der Waals surface area contributed by atoms with Gasteiger partial charge in [0.25, 0.3) is 0 Å². The Balaban J connectivity index is 3.99. The van der Waals surface area contributed by atoms with Gasteiger partial charge in [-0.25, -0.2) is 0 Å². The molecule has 2 nitrogen and oxygen atoms in total. The zero-order valence-electron chi connectivity index (χ0n) is 6.66. The van der Waals surface area contributed by atoms with Crippen LogP contribution in [0.1, 0.15) is 6.42 Å². The van der Waals surface area contributed by atoms with Gasteiger partial charge in [-0.05, 0) is 18.7 Å². The Morgan fingerprint density at radius 3 is 2.64 bits per heavy atom. The van der Waals surface area contributed by atoms with Crippen molar-refractivity contribution >= 4 is 5.71 Å². The highest BCUT2D eigenvalue weighted by Gasteiger charge is 1.87. The Kier molecular flexibility index (Phi) is 6.24. The van der Waals surface area contributed by atoms with Crippen LogP contribution in [0.15, 0.2) is 42.6 Å². The molecule has 0 heterocycles. The minimum absolute atomic E-state index is 0.604. The van der Waals surface area contributed by atoms with Gasteiger partial charge in [-0.2, -0.15) is 0 Å². The Hall–Kier alpha value is -1.15. The van der Waals surface area contributed by atoms with Gasteiger partial charge in [-0.3, -0.25) is 4.99 Å². The Morgan fingerprint density at radius 1 is 1.45 bits per heavy atom. The SMILES string of the molecule is C=C/C=C\N=C(C=C)CCN. The first kappa shape index (κ1) is 9.85. The van der Waals surface area contributed by atoms with Crippen molar-refractivity contribution in [2.24, 2.45) is 10.7 Å². The summed E-state index contributed by atoms with van der Waals surface area (Å²) < 4.78 is 0. The zero-order valence-corrected chi connectivity index (χ0v) is 6.66. The van der Waals surface area contributed by atoms with Crippen molar-refractivity contribution in [2.75, 3.05) is 6.54 Å². The summed E-state index contributed by atoms with van der Waals surface area (Å²) in [6.45, 7) is 7.74. The van der Waals surface area contributed by atoms with Gasteiger partial charge in [-0.1, -0.05) is 19.2 Å². The van der Waals surface area contributed by atoms with Crippen LogP contribution < -0.4 is 5.73 Å². The molecule has 0 aromatic heterocycles. The summed E-state index contributed by atoms with van der Waals surface area (Å²) in [6.07, 6.45) is 7.59. The van der Waals surface area contributed by atoms with E-state index in [4.69, 9.17) is 5.73 Å². The lowest BCUT2D eigenvalue weighted by molar-refractivity contribution is 1.04. The molecule has 0 amide bonds. The smallest absolute Gasteiger partial charge is 0.0410 e. The lowest BCUT2D eigenvalue weighted by atomic mass is 10.3. The normalized spacial score (nSPS) is 11.9. The second kappa shape index (κ2) is 6.96. The maximum absolute atomic E-state index is 5.34. The van der Waals surface area contributed by atoms with E-state index >= 15 is 0 Å². The molecular weight excluding hydrogens is 136 g/mol. The van der Waals surface area contributed by atoms with E-state index in [0.29, 0.717) is 6.54 Å². The molecule has 60 valence electrons. The zero-order chi connectivity index (χ0) is 8.53. The molecule has 0 spiro atoms. The van der Waals surface area contributed by atoms with Crippen molar-refractivity contribution in [1.82, 2.24) is 0 Å². The Morgan fingerprint density at radius 2 is 2.18 bits per heavy atom. The molecular formula is C9H14N2. The monoisotopic (exact) mass is 150 g/mol. The van der Waals surface area contributed by atoms with Crippen LogP contribution in [-0.2, 0) is 0 Å². The predicted molar refractivity (Wildman–Crippen MR) is 50.6 cm³/mol. The molecule has 0 fully saturated rings. The third kappa shape index (κ3) is 5.30. The number of hydrogen-bond acceptors (Lipinski definition) is 2. The number of rotatable bonds is 5. The average molecular weight is 150 g/mol. The molecule has 0 aliphatic rings. The molecule has 0 aromatic carbocycles. The molecule has 2 N–H and O–H groups in total. The summed E-state index contributed by atoms with van der Waals surface area (Å²) in [6, 6.07) is 0. The van der Waals surface area contributed by atoms with Crippen molar-refractivity contribution in [1.29, 1.82) is 0 Å². The first-order valence-electron chi connectivity index (χ1n) is 3.52. The molecule has 0 saturated carbocycles. The largest absolute Gasteiger partial charge is 0.330 e. The van der Waals surface area contributed by atoms with Crippen LogP contribution >= 0.6 is 0 Å². The van der Waals surface area contributed by atoms with Crippen LogP contribution in [0.4, 0.5) is 0 Å². The fourth-order valence-corrected chi connectivity index (χ4v) is 0.567. The third-order valence-electron chi connectivity index (χ3n) is 1.10. The molecule has 11 heavy (non-hydrogen) atoms. The van der Waals surface area contributed by atoms with Gasteiger partial charge >= 0.3 is 0 Å². The van der Waals surface area contributed by atoms with Crippen LogP contribution in [-0.4, -0.2) is 12.3 Å². The molecule has 2 heteroatoms. The lowest BCUT2D eigenvalue weighted by Gasteiger charge is -1.93. The standard InChI is InChI=1S/C9H14N2/c1-3-5-8-11-9(4-2)6-7-10/h3-5,8H,1-2,6-7,10H2/b8-5-,11-9?. The van der Waals surface area contributed by atoms with Crippen LogP contribution in [0.5, 0.6) is 0 Å². The highest BCUT2D eigenvalue weighted by molar-refractivity contribution is 5.94. The van der Waals surface area contributed by atoms with Crippen molar-refractivity contribution < 1.29 is 0 Å². The van der Waals surface area contributed by atoms with Gasteiger partial charge in [0.05, 0.1) is 0 Å². The summed E-state index contributed by atoms with van der Waals surface area (Å²) in [7, 11) is 0. The summed E-state index contributed by atoms with van der Waals surface area (Å²) in [5.41, 5.74) is 6.24. The number of allylic oxidation sites excluding steroid dienone is 3. The second-order valence-corrected chi connectivity index (χ2v) is 1.94. The van der Waals surface area contributed by atoms with E-state index in [1.807, 2.05) is 0 Å². The molecule has 0 saturated heterocycles. The molecule has 0 aliphatic carbocycles. The minimum Gasteiger partial charge on any atom is -0.330 e. The van der Waals surface area contributed by atoms with E-state index in [2.05, 4.69) is 18.2 Å². The Labute approximate surface area is 67.8 Å². The van der Waals surface area contributed by atoms with E-state index in [1.165, 1.54) is 0 Å². The molecule has 0 bridgehead atoms. The van der Waals surface area contributed by atoms with Crippen molar-refractivity contribution in [2.45, 2.75) is 6.42 Å². The molecule has 0 aromatic rings. The summed E-state index contributed by atoms with van der Waals surface area (Å²) in [5, 5.41) is 0. The van der Waals surface area contributed by atoms with Crippen molar-refractivity contribution in [3.63, 3.8) is 0 Å². The molecule has 0 aliphatic heterocycles. The van der Waals surface area contributed by atoms with Gasteiger partial charge in [0.1, 0.15) is 0 Å². The van der Waals surface area contributed by atoms with E-state index in [1.54, 1.807) is 24.4 Å². The number of hydrogen-bond donors (Lipinski definition) is 1. The highest BCUT2D eigenvalue weighted by atomic mass is 14.7. The maximum atomic E-state index is 5.34. The van der Waals surface area contributed by atoms with E-state index in [0.717, 1.165) is 12.1 Å². The second-order valence-electron chi connectivity index (χ2n) is 1.94. The third-order valence-corrected chi connectivity index (χ3v) is 1.10. The summed E-state index contributed by atoms with van der Waals surface area (Å²) >= 11 is 0. The summed E-state index contributed by atoms with van der Waals surface area (Å²) in [4.78, 5) is 4.09. The predicted octanol–water partition coefficient (Wildman–Crippen LogP) is 1.66. The highest BCUT2D eigenvalue weighted by Crippen LogP contribution is 1.88. The fraction of sp³-hybridized carbons (Fsp3) is 0.222. The van der Waals surface area contributed by atoms with Gasteiger partial charge in [-0.15, -0.1) is 0 Å². The van der Waals surface area contributed by atoms with Crippen LogP contribution in [0.2, 0.25) is 0 Å². The maximum Gasteiger partial charge on any atom is 0.0410 e. The first-order chi connectivity index (χ1) is 5.35. The fourth-order valence-electron chi connectivity index (χ4n) is 0.567. The topological polar surface area (TPSA) is 38.4 Å². The lowest BCUT2D eigenvalue weighted by Crippen LogP contribution is -2.04. The molecule has 0 atom stereocenters. The van der Waals surface area contributed by atoms with Gasteiger partial charge < -0.3 is 5.73 Å².